The number of rotatable bonds is 9. The molecule has 0 aliphatic carbocycles. The average molecular weight is 338 g/mol. The lowest BCUT2D eigenvalue weighted by atomic mass is 10.2. The zero-order valence-corrected chi connectivity index (χ0v) is 14.0. The van der Waals surface area contributed by atoms with Crippen molar-refractivity contribution in [2.24, 2.45) is 0 Å². The van der Waals surface area contributed by atoms with Crippen molar-refractivity contribution in [2.75, 3.05) is 13.2 Å². The third-order valence-corrected chi connectivity index (χ3v) is 3.15. The molecule has 0 bridgehead atoms. The number of carbonyl (C=O) groups is 2. The highest BCUT2D eigenvalue weighted by Crippen LogP contribution is 2.28. The zero-order valence-electron chi connectivity index (χ0n) is 14.0. The van der Waals surface area contributed by atoms with Gasteiger partial charge in [-0.15, -0.1) is 0 Å². The van der Waals surface area contributed by atoms with Gasteiger partial charge in [-0.05, 0) is 32.4 Å². The smallest absolute Gasteiger partial charge is 0.338 e. The minimum Gasteiger partial charge on any atom is -0.487 e. The Kier molecular flexibility index (Phi) is 7.67. The Balaban J connectivity index is 2.69. The standard InChI is InChI=1S/C16H22N2O6/c1-4-6-11(3)17-15(19)10-24-16(20)12-7-8-14(23-5-2)13(9-12)18(21)22/h7-9,11H,4-6,10H2,1-3H3,(H,17,19)/t11-/m0/s1. The van der Waals surface area contributed by atoms with Gasteiger partial charge in [0.15, 0.2) is 12.4 Å². The van der Waals surface area contributed by atoms with Crippen LogP contribution in [0, 0.1) is 10.1 Å². The van der Waals surface area contributed by atoms with Crippen LogP contribution in [0.15, 0.2) is 18.2 Å². The fraction of sp³-hybridized carbons (Fsp3) is 0.500. The van der Waals surface area contributed by atoms with Crippen LogP contribution in [-0.4, -0.2) is 36.1 Å². The average Bonchev–Trinajstić information content (AvgIpc) is 2.53. The lowest BCUT2D eigenvalue weighted by molar-refractivity contribution is -0.385. The number of hydrogen-bond donors (Lipinski definition) is 1. The normalized spacial score (nSPS) is 11.5. The van der Waals surface area contributed by atoms with Crippen LogP contribution in [0.5, 0.6) is 5.75 Å². The summed E-state index contributed by atoms with van der Waals surface area (Å²) < 4.78 is 10.0. The van der Waals surface area contributed by atoms with E-state index in [-0.39, 0.29) is 29.6 Å². The molecule has 0 saturated carbocycles. The molecule has 132 valence electrons. The number of nitrogens with one attached hydrogen (secondary N) is 1. The van der Waals surface area contributed by atoms with E-state index in [1.54, 1.807) is 6.92 Å². The first-order valence-corrected chi connectivity index (χ1v) is 7.76. The van der Waals surface area contributed by atoms with E-state index in [0.717, 1.165) is 18.9 Å². The highest BCUT2D eigenvalue weighted by molar-refractivity contribution is 5.92. The molecule has 8 nitrogen and oxygen atoms in total. The molecule has 1 aromatic carbocycles. The molecule has 0 radical (unpaired) electrons. The number of nitro benzene ring substituents is 1. The van der Waals surface area contributed by atoms with Gasteiger partial charge in [0.25, 0.3) is 5.91 Å². The molecule has 0 saturated heterocycles. The van der Waals surface area contributed by atoms with Crippen LogP contribution in [0.4, 0.5) is 5.69 Å². The second-order valence-electron chi connectivity index (χ2n) is 5.21. The van der Waals surface area contributed by atoms with Crippen LogP contribution < -0.4 is 10.1 Å². The summed E-state index contributed by atoms with van der Waals surface area (Å²) in [6.07, 6.45) is 1.75. The molecule has 0 fully saturated rings. The molecule has 0 aliphatic heterocycles. The number of esters is 1. The number of hydrogen-bond acceptors (Lipinski definition) is 6. The summed E-state index contributed by atoms with van der Waals surface area (Å²) >= 11 is 0. The van der Waals surface area contributed by atoms with Crippen LogP contribution in [0.3, 0.4) is 0 Å². The van der Waals surface area contributed by atoms with E-state index in [2.05, 4.69) is 5.32 Å². The van der Waals surface area contributed by atoms with Crippen molar-refractivity contribution in [2.45, 2.75) is 39.7 Å². The first kappa shape index (κ1) is 19.4. The molecular weight excluding hydrogens is 316 g/mol. The Hall–Kier alpha value is -2.64. The fourth-order valence-electron chi connectivity index (χ4n) is 2.10. The van der Waals surface area contributed by atoms with Gasteiger partial charge >= 0.3 is 11.7 Å². The molecule has 0 spiro atoms. The largest absolute Gasteiger partial charge is 0.487 e. The Morgan fingerprint density at radius 2 is 2.04 bits per heavy atom. The monoisotopic (exact) mass is 338 g/mol. The molecule has 0 aliphatic rings. The van der Waals surface area contributed by atoms with Gasteiger partial charge in [-0.1, -0.05) is 13.3 Å². The van der Waals surface area contributed by atoms with Gasteiger partial charge in [0.05, 0.1) is 17.1 Å². The first-order chi connectivity index (χ1) is 11.4. The number of nitrogens with zero attached hydrogens (tertiary/aromatic N) is 1. The van der Waals surface area contributed by atoms with Crippen molar-refractivity contribution in [1.29, 1.82) is 0 Å². The van der Waals surface area contributed by atoms with Crippen LogP contribution in [0.2, 0.25) is 0 Å². The van der Waals surface area contributed by atoms with Gasteiger partial charge in [-0.25, -0.2) is 4.79 Å². The van der Waals surface area contributed by atoms with Crippen molar-refractivity contribution in [3.63, 3.8) is 0 Å². The number of nitro groups is 1. The summed E-state index contributed by atoms with van der Waals surface area (Å²) in [5, 5.41) is 13.7. The molecule has 8 heteroatoms. The third kappa shape index (κ3) is 5.86. The fourth-order valence-corrected chi connectivity index (χ4v) is 2.10. The van der Waals surface area contributed by atoms with E-state index in [4.69, 9.17) is 9.47 Å². The van der Waals surface area contributed by atoms with E-state index in [9.17, 15) is 19.7 Å². The van der Waals surface area contributed by atoms with Crippen LogP contribution in [0.25, 0.3) is 0 Å². The lowest BCUT2D eigenvalue weighted by Crippen LogP contribution is -2.35. The van der Waals surface area contributed by atoms with Crippen molar-refractivity contribution < 1.29 is 24.0 Å². The van der Waals surface area contributed by atoms with Gasteiger partial charge in [0.2, 0.25) is 0 Å². The second kappa shape index (κ2) is 9.49. The Bertz CT molecular complexity index is 602. The van der Waals surface area contributed by atoms with Crippen molar-refractivity contribution in [3.05, 3.63) is 33.9 Å². The Labute approximate surface area is 140 Å². The summed E-state index contributed by atoms with van der Waals surface area (Å²) in [5.41, 5.74) is -0.341. The Morgan fingerprint density at radius 3 is 2.62 bits per heavy atom. The van der Waals surface area contributed by atoms with Crippen LogP contribution in [0.1, 0.15) is 44.0 Å². The van der Waals surface area contributed by atoms with Crippen molar-refractivity contribution in [3.8, 4) is 5.75 Å². The van der Waals surface area contributed by atoms with E-state index in [0.29, 0.717) is 0 Å². The quantitative estimate of drug-likeness (QED) is 0.421. The van der Waals surface area contributed by atoms with Crippen LogP contribution in [-0.2, 0) is 9.53 Å². The maximum atomic E-state index is 11.9. The number of benzene rings is 1. The SMILES string of the molecule is CCC[C@H](C)NC(=O)COC(=O)c1ccc(OCC)c([N+](=O)[O-])c1. The predicted molar refractivity (Wildman–Crippen MR) is 87.1 cm³/mol. The number of ether oxygens (including phenoxy) is 2. The van der Waals surface area contributed by atoms with Gasteiger partial charge in [-0.3, -0.25) is 14.9 Å². The third-order valence-electron chi connectivity index (χ3n) is 3.15. The molecule has 0 unspecified atom stereocenters. The molecule has 1 atom stereocenters. The summed E-state index contributed by atoms with van der Waals surface area (Å²) in [7, 11) is 0. The predicted octanol–water partition coefficient (Wildman–Crippen LogP) is 2.46. The maximum Gasteiger partial charge on any atom is 0.338 e. The second-order valence-corrected chi connectivity index (χ2v) is 5.21. The van der Waals surface area contributed by atoms with E-state index in [1.807, 2.05) is 13.8 Å². The number of carbonyl (C=O) groups excluding carboxylic acids is 2. The highest BCUT2D eigenvalue weighted by Gasteiger charge is 2.20. The first-order valence-electron chi connectivity index (χ1n) is 7.76. The summed E-state index contributed by atoms with van der Waals surface area (Å²) in [6, 6.07) is 3.76. The highest BCUT2D eigenvalue weighted by atomic mass is 16.6. The van der Waals surface area contributed by atoms with Crippen LogP contribution >= 0.6 is 0 Å². The molecule has 24 heavy (non-hydrogen) atoms. The van der Waals surface area contributed by atoms with Crippen molar-refractivity contribution >= 4 is 17.6 Å². The summed E-state index contributed by atoms with van der Waals surface area (Å²) in [4.78, 5) is 34.0. The van der Waals surface area contributed by atoms with Gasteiger partial charge in [0.1, 0.15) is 0 Å². The topological polar surface area (TPSA) is 108 Å². The molecule has 1 N–H and O–H groups in total. The molecule has 0 aromatic heterocycles. The molecule has 1 amide bonds. The van der Waals surface area contributed by atoms with Gasteiger partial charge < -0.3 is 14.8 Å². The summed E-state index contributed by atoms with van der Waals surface area (Å²) in [6.45, 7) is 5.39. The molecule has 1 rings (SSSR count). The molecular formula is C16H22N2O6. The Morgan fingerprint density at radius 1 is 1.33 bits per heavy atom. The summed E-state index contributed by atoms with van der Waals surface area (Å²) in [5.74, 6) is -1.14. The van der Waals surface area contributed by atoms with Crippen molar-refractivity contribution in [1.82, 2.24) is 5.32 Å². The van der Waals surface area contributed by atoms with Gasteiger partial charge in [-0.2, -0.15) is 0 Å². The minimum absolute atomic E-state index is 0.00670. The molecule has 1 aromatic rings. The van der Waals surface area contributed by atoms with E-state index in [1.165, 1.54) is 12.1 Å². The lowest BCUT2D eigenvalue weighted by Gasteiger charge is -2.12. The van der Waals surface area contributed by atoms with E-state index < -0.39 is 23.4 Å². The number of amides is 1. The zero-order chi connectivity index (χ0) is 18.1. The molecule has 0 heterocycles. The maximum absolute atomic E-state index is 11.9. The van der Waals surface area contributed by atoms with Gasteiger partial charge in [0, 0.05) is 12.1 Å². The van der Waals surface area contributed by atoms with E-state index >= 15 is 0 Å². The minimum atomic E-state index is -0.806.